The van der Waals surface area contributed by atoms with Gasteiger partial charge in [0.25, 0.3) is 0 Å². The summed E-state index contributed by atoms with van der Waals surface area (Å²) in [5.74, 6) is 1.07. The number of hydrogen-bond donors (Lipinski definition) is 1. The second-order valence-corrected chi connectivity index (χ2v) is 7.70. The van der Waals surface area contributed by atoms with Crippen LogP contribution < -0.4 is 19.1 Å². The zero-order valence-electron chi connectivity index (χ0n) is 15.6. The fourth-order valence-corrected chi connectivity index (χ4v) is 3.39. The Morgan fingerprint density at radius 3 is 2.15 bits per heavy atom. The summed E-state index contributed by atoms with van der Waals surface area (Å²) in [4.78, 5) is 12.2. The highest BCUT2D eigenvalue weighted by Gasteiger charge is 2.18. The average molecular weight is 392 g/mol. The van der Waals surface area contributed by atoms with E-state index in [-0.39, 0.29) is 18.9 Å². The quantitative estimate of drug-likeness (QED) is 0.709. The Bertz CT molecular complexity index is 849. The molecule has 8 heteroatoms. The zero-order valence-corrected chi connectivity index (χ0v) is 16.5. The van der Waals surface area contributed by atoms with Gasteiger partial charge in [-0.2, -0.15) is 0 Å². The summed E-state index contributed by atoms with van der Waals surface area (Å²) < 4.78 is 35.9. The number of benzene rings is 2. The lowest BCUT2D eigenvalue weighted by Gasteiger charge is -2.22. The van der Waals surface area contributed by atoms with Crippen LogP contribution >= 0.6 is 0 Å². The molecule has 0 bridgehead atoms. The molecule has 2 rings (SSSR count). The Kier molecular flexibility index (Phi) is 7.06. The summed E-state index contributed by atoms with van der Waals surface area (Å²) in [7, 11) is -1.96. The minimum atomic E-state index is -3.52. The van der Waals surface area contributed by atoms with E-state index in [1.54, 1.807) is 55.6 Å². The van der Waals surface area contributed by atoms with Crippen molar-refractivity contribution >= 4 is 27.3 Å². The maximum atomic E-state index is 12.2. The molecule has 0 radical (unpaired) electrons. The molecule has 0 aliphatic rings. The van der Waals surface area contributed by atoms with Crippen LogP contribution in [0.5, 0.6) is 11.5 Å². The van der Waals surface area contributed by atoms with E-state index in [4.69, 9.17) is 9.47 Å². The summed E-state index contributed by atoms with van der Waals surface area (Å²) in [6.45, 7) is 2.44. The SMILES string of the molecule is CCOc1ccc(N(CCC(=O)Nc2ccc(OC)cc2)S(C)(=O)=O)cc1. The van der Waals surface area contributed by atoms with E-state index in [0.717, 1.165) is 6.26 Å². The van der Waals surface area contributed by atoms with Gasteiger partial charge in [0.2, 0.25) is 15.9 Å². The van der Waals surface area contributed by atoms with Crippen LogP contribution in [0.3, 0.4) is 0 Å². The molecule has 27 heavy (non-hydrogen) atoms. The summed E-state index contributed by atoms with van der Waals surface area (Å²) in [6.07, 6.45) is 1.14. The van der Waals surface area contributed by atoms with Crippen molar-refractivity contribution in [2.24, 2.45) is 0 Å². The van der Waals surface area contributed by atoms with Crippen LogP contribution in [0, 0.1) is 0 Å². The number of rotatable bonds is 9. The molecule has 0 aromatic heterocycles. The lowest BCUT2D eigenvalue weighted by Crippen LogP contribution is -2.33. The van der Waals surface area contributed by atoms with Gasteiger partial charge in [-0.1, -0.05) is 0 Å². The second-order valence-electron chi connectivity index (χ2n) is 5.79. The molecule has 146 valence electrons. The van der Waals surface area contributed by atoms with Gasteiger partial charge in [-0.15, -0.1) is 0 Å². The van der Waals surface area contributed by atoms with Crippen molar-refractivity contribution in [1.82, 2.24) is 0 Å². The van der Waals surface area contributed by atoms with E-state index in [1.807, 2.05) is 6.92 Å². The third-order valence-corrected chi connectivity index (χ3v) is 4.95. The molecule has 2 aromatic rings. The molecule has 0 saturated heterocycles. The van der Waals surface area contributed by atoms with Crippen molar-refractivity contribution in [3.63, 3.8) is 0 Å². The average Bonchev–Trinajstić information content (AvgIpc) is 2.63. The summed E-state index contributed by atoms with van der Waals surface area (Å²) in [5.41, 5.74) is 1.10. The predicted octanol–water partition coefficient (Wildman–Crippen LogP) is 2.89. The summed E-state index contributed by atoms with van der Waals surface area (Å²) in [6, 6.07) is 13.6. The van der Waals surface area contributed by atoms with Gasteiger partial charge in [0, 0.05) is 18.7 Å². The summed E-state index contributed by atoms with van der Waals surface area (Å²) >= 11 is 0. The Morgan fingerprint density at radius 1 is 1.04 bits per heavy atom. The molecule has 7 nitrogen and oxygen atoms in total. The van der Waals surface area contributed by atoms with Gasteiger partial charge in [-0.05, 0) is 55.5 Å². The molecule has 0 saturated carbocycles. The standard InChI is InChI=1S/C19H24N2O5S/c1-4-26-18-11-7-16(8-12-18)21(27(3,23)24)14-13-19(22)20-15-5-9-17(25-2)10-6-15/h5-12H,4,13-14H2,1-3H3,(H,20,22). The number of nitrogens with zero attached hydrogens (tertiary/aromatic N) is 1. The zero-order chi connectivity index (χ0) is 19.9. The highest BCUT2D eigenvalue weighted by molar-refractivity contribution is 7.92. The predicted molar refractivity (Wildman–Crippen MR) is 106 cm³/mol. The first-order chi connectivity index (χ1) is 12.8. The smallest absolute Gasteiger partial charge is 0.232 e. The first kappa shape index (κ1) is 20.6. The fourth-order valence-electron chi connectivity index (χ4n) is 2.46. The van der Waals surface area contributed by atoms with E-state index < -0.39 is 10.0 Å². The van der Waals surface area contributed by atoms with Gasteiger partial charge in [0.1, 0.15) is 11.5 Å². The van der Waals surface area contributed by atoms with Gasteiger partial charge >= 0.3 is 0 Å². The monoisotopic (exact) mass is 392 g/mol. The summed E-state index contributed by atoms with van der Waals surface area (Å²) in [5, 5.41) is 2.74. The molecule has 0 atom stereocenters. The van der Waals surface area contributed by atoms with Gasteiger partial charge in [-0.25, -0.2) is 8.42 Å². The molecule has 1 N–H and O–H groups in total. The topological polar surface area (TPSA) is 84.9 Å². The third-order valence-electron chi connectivity index (χ3n) is 3.75. The molecule has 0 unspecified atom stereocenters. The molecule has 0 heterocycles. The van der Waals surface area contributed by atoms with Crippen molar-refractivity contribution in [3.8, 4) is 11.5 Å². The minimum Gasteiger partial charge on any atom is -0.497 e. The maximum Gasteiger partial charge on any atom is 0.232 e. The molecular formula is C19H24N2O5S. The van der Waals surface area contributed by atoms with Crippen LogP contribution in [0.1, 0.15) is 13.3 Å². The Labute approximate surface area is 160 Å². The van der Waals surface area contributed by atoms with Gasteiger partial charge in [0.15, 0.2) is 0 Å². The fraction of sp³-hybridized carbons (Fsp3) is 0.316. The Hall–Kier alpha value is -2.74. The highest BCUT2D eigenvalue weighted by atomic mass is 32.2. The molecule has 0 fully saturated rings. The van der Waals surface area contributed by atoms with E-state index in [9.17, 15) is 13.2 Å². The number of amides is 1. The number of methoxy groups -OCH3 is 1. The van der Waals surface area contributed by atoms with Crippen LogP contribution in [0.4, 0.5) is 11.4 Å². The number of sulfonamides is 1. The molecular weight excluding hydrogens is 368 g/mol. The van der Waals surface area contributed by atoms with Crippen LogP contribution in [0.2, 0.25) is 0 Å². The number of anilines is 2. The number of ether oxygens (including phenoxy) is 2. The van der Waals surface area contributed by atoms with Crippen molar-refractivity contribution in [1.29, 1.82) is 0 Å². The van der Waals surface area contributed by atoms with E-state index in [1.165, 1.54) is 4.31 Å². The highest BCUT2D eigenvalue weighted by Crippen LogP contribution is 2.22. The van der Waals surface area contributed by atoms with Crippen molar-refractivity contribution in [2.45, 2.75) is 13.3 Å². The maximum absolute atomic E-state index is 12.2. The lowest BCUT2D eigenvalue weighted by atomic mass is 10.2. The third kappa shape index (κ3) is 6.18. The molecule has 2 aromatic carbocycles. The van der Waals surface area contributed by atoms with E-state index >= 15 is 0 Å². The van der Waals surface area contributed by atoms with E-state index in [2.05, 4.69) is 5.32 Å². The first-order valence-corrected chi connectivity index (χ1v) is 10.3. The van der Waals surface area contributed by atoms with E-state index in [0.29, 0.717) is 29.5 Å². The molecule has 0 aliphatic heterocycles. The van der Waals surface area contributed by atoms with Crippen LogP contribution in [-0.4, -0.2) is 40.8 Å². The minimum absolute atomic E-state index is 0.0201. The van der Waals surface area contributed by atoms with Crippen LogP contribution in [-0.2, 0) is 14.8 Å². The van der Waals surface area contributed by atoms with Crippen LogP contribution in [0.25, 0.3) is 0 Å². The van der Waals surface area contributed by atoms with Gasteiger partial charge in [0.05, 0.1) is 25.7 Å². The van der Waals surface area contributed by atoms with Crippen molar-refractivity contribution < 1.29 is 22.7 Å². The normalized spacial score (nSPS) is 10.9. The largest absolute Gasteiger partial charge is 0.497 e. The van der Waals surface area contributed by atoms with Gasteiger partial charge in [-0.3, -0.25) is 9.10 Å². The number of hydrogen-bond acceptors (Lipinski definition) is 5. The second kappa shape index (κ2) is 9.27. The van der Waals surface area contributed by atoms with Crippen LogP contribution in [0.15, 0.2) is 48.5 Å². The number of carbonyl (C=O) groups is 1. The molecule has 0 aliphatic carbocycles. The van der Waals surface area contributed by atoms with Crippen molar-refractivity contribution in [2.75, 3.05) is 36.1 Å². The first-order valence-electron chi connectivity index (χ1n) is 8.48. The number of nitrogens with one attached hydrogen (secondary N) is 1. The molecule has 0 spiro atoms. The number of carbonyl (C=O) groups excluding carboxylic acids is 1. The van der Waals surface area contributed by atoms with Gasteiger partial charge < -0.3 is 14.8 Å². The molecule has 1 amide bonds. The van der Waals surface area contributed by atoms with Crippen molar-refractivity contribution in [3.05, 3.63) is 48.5 Å². The Balaban J connectivity index is 2.02. The lowest BCUT2D eigenvalue weighted by molar-refractivity contribution is -0.116. The Morgan fingerprint density at radius 2 is 1.63 bits per heavy atom.